The van der Waals surface area contributed by atoms with E-state index < -0.39 is 0 Å². The van der Waals surface area contributed by atoms with E-state index in [-0.39, 0.29) is 11.5 Å². The topological polar surface area (TPSA) is 66.8 Å². The lowest BCUT2D eigenvalue weighted by Crippen LogP contribution is -2.46. The van der Waals surface area contributed by atoms with Crippen molar-refractivity contribution in [2.45, 2.75) is 26.2 Å². The second kappa shape index (κ2) is 11.1. The zero-order chi connectivity index (χ0) is 21.3. The number of nitrogens with zero attached hydrogens (tertiary/aromatic N) is 3. The predicted octanol–water partition coefficient (Wildman–Crippen LogP) is 1.84. The molecule has 2 heterocycles. The number of carbonyl (C=O) groups excluding carboxylic acids is 1. The lowest BCUT2D eigenvalue weighted by Gasteiger charge is -2.33. The van der Waals surface area contributed by atoms with Crippen molar-refractivity contribution >= 4 is 16.8 Å². The van der Waals surface area contributed by atoms with Crippen LogP contribution in [0.2, 0.25) is 0 Å². The Kier molecular flexibility index (Phi) is 8.28. The first kappa shape index (κ1) is 22.3. The summed E-state index contributed by atoms with van der Waals surface area (Å²) in [4.78, 5) is 29.1. The molecule has 0 unspecified atom stereocenters. The van der Waals surface area contributed by atoms with Crippen LogP contribution in [0.15, 0.2) is 35.1 Å². The molecular weight excluding hydrogens is 380 g/mol. The van der Waals surface area contributed by atoms with Gasteiger partial charge in [-0.3, -0.25) is 9.59 Å². The van der Waals surface area contributed by atoms with Gasteiger partial charge in [0.1, 0.15) is 5.75 Å². The maximum Gasteiger partial charge on any atom is 0.254 e. The minimum absolute atomic E-state index is 0.0586. The van der Waals surface area contributed by atoms with E-state index in [4.69, 9.17) is 4.74 Å². The van der Waals surface area contributed by atoms with E-state index in [1.807, 2.05) is 24.3 Å². The molecule has 7 nitrogen and oxygen atoms in total. The van der Waals surface area contributed by atoms with Crippen LogP contribution in [-0.2, 0) is 11.8 Å². The van der Waals surface area contributed by atoms with Crippen LogP contribution >= 0.6 is 0 Å². The molecule has 0 saturated carbocycles. The molecule has 7 heteroatoms. The van der Waals surface area contributed by atoms with Gasteiger partial charge in [-0.15, -0.1) is 0 Å². The molecule has 30 heavy (non-hydrogen) atoms. The van der Waals surface area contributed by atoms with E-state index in [0.29, 0.717) is 31.7 Å². The quantitative estimate of drug-likeness (QED) is 0.601. The Labute approximate surface area is 178 Å². The fourth-order valence-corrected chi connectivity index (χ4v) is 3.86. The summed E-state index contributed by atoms with van der Waals surface area (Å²) in [5.41, 5.74) is 0.742. The molecule has 3 rings (SSSR count). The van der Waals surface area contributed by atoms with Crippen molar-refractivity contribution < 1.29 is 9.53 Å². The fourth-order valence-electron chi connectivity index (χ4n) is 3.86. The van der Waals surface area contributed by atoms with E-state index in [2.05, 4.69) is 22.0 Å². The molecule has 0 bridgehead atoms. The summed E-state index contributed by atoms with van der Waals surface area (Å²) < 4.78 is 7.43. The molecule has 1 aromatic heterocycles. The molecule has 1 aliphatic rings. The van der Waals surface area contributed by atoms with Crippen LogP contribution in [0.4, 0.5) is 0 Å². The number of piperazine rings is 1. The van der Waals surface area contributed by atoms with E-state index in [1.165, 1.54) is 6.07 Å². The minimum atomic E-state index is -0.0995. The van der Waals surface area contributed by atoms with Crippen LogP contribution in [0, 0.1) is 0 Å². The molecule has 2 aromatic rings. The van der Waals surface area contributed by atoms with Crippen LogP contribution in [0.5, 0.6) is 5.75 Å². The third-order valence-corrected chi connectivity index (χ3v) is 5.81. The van der Waals surface area contributed by atoms with E-state index in [9.17, 15) is 9.59 Å². The molecular formula is C23H34N4O3. The number of hydrogen-bond acceptors (Lipinski definition) is 5. The van der Waals surface area contributed by atoms with Gasteiger partial charge in [-0.1, -0.05) is 19.1 Å². The zero-order valence-electron chi connectivity index (χ0n) is 18.2. The van der Waals surface area contributed by atoms with Gasteiger partial charge in [0.05, 0.1) is 12.1 Å². The van der Waals surface area contributed by atoms with Gasteiger partial charge in [-0.05, 0) is 38.1 Å². The van der Waals surface area contributed by atoms with Crippen LogP contribution in [0.1, 0.15) is 26.2 Å². The Hall–Kier alpha value is -2.38. The summed E-state index contributed by atoms with van der Waals surface area (Å²) >= 11 is 0. The van der Waals surface area contributed by atoms with Gasteiger partial charge in [-0.2, -0.15) is 0 Å². The van der Waals surface area contributed by atoms with Gasteiger partial charge in [0, 0.05) is 57.6 Å². The molecule has 0 radical (unpaired) electrons. The number of benzene rings is 1. The number of hydrogen-bond donors (Lipinski definition) is 1. The first-order valence-electron chi connectivity index (χ1n) is 11.0. The van der Waals surface area contributed by atoms with Crippen LogP contribution < -0.4 is 15.6 Å². The molecule has 164 valence electrons. The van der Waals surface area contributed by atoms with Crippen molar-refractivity contribution in [3.8, 4) is 5.75 Å². The van der Waals surface area contributed by atoms with Gasteiger partial charge in [-0.25, -0.2) is 0 Å². The fraction of sp³-hybridized carbons (Fsp3) is 0.565. The standard InChI is InChI=1S/C23H34N4O3/c1-3-26-13-15-27(16-14-26)12-7-11-24-22(28)10-6-17-30-21-18-23(29)25(2)20-9-5-4-8-19(20)21/h4-5,8-9,18H,3,6-7,10-17H2,1-2H3,(H,24,28). The first-order chi connectivity index (χ1) is 14.6. The molecule has 1 N–H and O–H groups in total. The van der Waals surface area contributed by atoms with Crippen LogP contribution in [-0.4, -0.2) is 72.7 Å². The second-order valence-electron chi connectivity index (χ2n) is 7.85. The Morgan fingerprint density at radius 2 is 1.83 bits per heavy atom. The molecule has 1 fully saturated rings. The number of aromatic nitrogens is 1. The highest BCUT2D eigenvalue weighted by Gasteiger charge is 2.14. The van der Waals surface area contributed by atoms with Crippen molar-refractivity contribution in [2.75, 3.05) is 52.4 Å². The molecule has 0 spiro atoms. The molecule has 0 atom stereocenters. The number of aryl methyl sites for hydroxylation is 1. The number of carbonyl (C=O) groups is 1. The zero-order valence-corrected chi connectivity index (χ0v) is 18.2. The summed E-state index contributed by atoms with van der Waals surface area (Å²) in [5, 5.41) is 3.91. The van der Waals surface area contributed by atoms with Gasteiger partial charge >= 0.3 is 0 Å². The summed E-state index contributed by atoms with van der Waals surface area (Å²) in [5.74, 6) is 0.639. The van der Waals surface area contributed by atoms with Gasteiger partial charge < -0.3 is 24.4 Å². The summed E-state index contributed by atoms with van der Waals surface area (Å²) in [6.45, 7) is 10.0. The highest BCUT2D eigenvalue weighted by atomic mass is 16.5. The lowest BCUT2D eigenvalue weighted by molar-refractivity contribution is -0.121. The highest BCUT2D eigenvalue weighted by Crippen LogP contribution is 2.23. The largest absolute Gasteiger partial charge is 0.493 e. The highest BCUT2D eigenvalue weighted by molar-refractivity contribution is 5.85. The lowest BCUT2D eigenvalue weighted by atomic mass is 10.2. The van der Waals surface area contributed by atoms with Crippen molar-refractivity contribution in [1.82, 2.24) is 19.7 Å². The van der Waals surface area contributed by atoms with Crippen LogP contribution in [0.3, 0.4) is 0 Å². The van der Waals surface area contributed by atoms with Crippen molar-refractivity contribution in [3.05, 3.63) is 40.7 Å². The third-order valence-electron chi connectivity index (χ3n) is 5.81. The van der Waals surface area contributed by atoms with E-state index in [1.54, 1.807) is 11.6 Å². The average Bonchev–Trinajstić information content (AvgIpc) is 2.78. The third kappa shape index (κ3) is 6.06. The monoisotopic (exact) mass is 414 g/mol. The number of rotatable bonds is 10. The Balaban J connectivity index is 1.32. The number of para-hydroxylation sites is 1. The number of nitrogens with one attached hydrogen (secondary N) is 1. The number of amides is 1. The number of ether oxygens (including phenoxy) is 1. The van der Waals surface area contributed by atoms with Gasteiger partial charge in [0.15, 0.2) is 0 Å². The molecule has 1 aliphatic heterocycles. The Morgan fingerprint density at radius 1 is 1.10 bits per heavy atom. The van der Waals surface area contributed by atoms with E-state index in [0.717, 1.165) is 56.6 Å². The number of likely N-dealkylation sites (N-methyl/N-ethyl adjacent to an activating group) is 1. The molecule has 1 aromatic carbocycles. The maximum atomic E-state index is 12.1. The summed E-state index contributed by atoms with van der Waals surface area (Å²) in [6, 6.07) is 9.19. The predicted molar refractivity (Wildman–Crippen MR) is 120 cm³/mol. The SMILES string of the molecule is CCN1CCN(CCCNC(=O)CCCOc2cc(=O)n(C)c3ccccc23)CC1. The number of pyridine rings is 1. The smallest absolute Gasteiger partial charge is 0.254 e. The number of fused-ring (bicyclic) bond motifs is 1. The maximum absolute atomic E-state index is 12.1. The normalized spacial score (nSPS) is 15.4. The molecule has 1 amide bonds. The van der Waals surface area contributed by atoms with E-state index >= 15 is 0 Å². The molecule has 0 aliphatic carbocycles. The molecule has 1 saturated heterocycles. The summed E-state index contributed by atoms with van der Waals surface area (Å²) in [6.07, 6.45) is 2.03. The Bertz CT molecular complexity index is 888. The van der Waals surface area contributed by atoms with Gasteiger partial charge in [0.25, 0.3) is 5.56 Å². The van der Waals surface area contributed by atoms with Gasteiger partial charge in [0.2, 0.25) is 5.91 Å². The van der Waals surface area contributed by atoms with Crippen molar-refractivity contribution in [3.63, 3.8) is 0 Å². The summed E-state index contributed by atoms with van der Waals surface area (Å²) in [7, 11) is 1.75. The van der Waals surface area contributed by atoms with Crippen molar-refractivity contribution in [2.24, 2.45) is 7.05 Å². The first-order valence-corrected chi connectivity index (χ1v) is 11.0. The second-order valence-corrected chi connectivity index (χ2v) is 7.85. The average molecular weight is 415 g/mol. The van der Waals surface area contributed by atoms with Crippen LogP contribution in [0.25, 0.3) is 10.9 Å². The van der Waals surface area contributed by atoms with Crippen molar-refractivity contribution in [1.29, 1.82) is 0 Å². The Morgan fingerprint density at radius 3 is 2.60 bits per heavy atom. The minimum Gasteiger partial charge on any atom is -0.493 e.